The van der Waals surface area contributed by atoms with Gasteiger partial charge in [-0.05, 0) is 73.0 Å². The minimum absolute atomic E-state index is 0.0344. The Morgan fingerprint density at radius 3 is 2.63 bits per heavy atom. The lowest BCUT2D eigenvalue weighted by molar-refractivity contribution is -0.135. The summed E-state index contributed by atoms with van der Waals surface area (Å²) in [5.41, 5.74) is 1.60. The molecule has 0 saturated carbocycles. The Kier molecular flexibility index (Phi) is 8.39. The molecule has 3 heterocycles. The molecule has 2 aliphatic rings. The molecular weight excluding hydrogens is 552 g/mol. The molecule has 3 amide bonds. The first-order valence-corrected chi connectivity index (χ1v) is 14.0. The number of hydrogen-bond donors (Lipinski definition) is 1. The molecule has 188 valence electrons. The van der Waals surface area contributed by atoms with Crippen LogP contribution in [-0.2, 0) is 9.59 Å². The molecular formula is C25H30BrClN4O3S. The third-order valence-corrected chi connectivity index (χ3v) is 8.61. The number of carbonyl (C=O) groups is 3. The number of amides is 3. The standard InChI is InChI=1S/C25H30BrClN4O3S/c1-3-29(4-2)25(34)16-6-5-11-30(14-16)20-8-7-18(13-19(20)27)31-15-17(12-23(31)32)28-24(33)21-9-10-22(26)35-21/h7-10,13,16-17H,3-6,11-12,14-15H2,1-2H3,(H,28,33). The second-order valence-corrected chi connectivity index (χ2v) is 11.8. The van der Waals surface area contributed by atoms with E-state index in [9.17, 15) is 14.4 Å². The predicted molar refractivity (Wildman–Crippen MR) is 145 cm³/mol. The quantitative estimate of drug-likeness (QED) is 0.511. The van der Waals surface area contributed by atoms with Gasteiger partial charge in [0.05, 0.1) is 31.3 Å². The summed E-state index contributed by atoms with van der Waals surface area (Å²) in [6.45, 7) is 7.34. The van der Waals surface area contributed by atoms with Gasteiger partial charge in [0.25, 0.3) is 5.91 Å². The van der Waals surface area contributed by atoms with Gasteiger partial charge in [-0.25, -0.2) is 0 Å². The van der Waals surface area contributed by atoms with Gasteiger partial charge in [0.1, 0.15) is 0 Å². The van der Waals surface area contributed by atoms with Gasteiger partial charge in [0, 0.05) is 44.8 Å². The highest BCUT2D eigenvalue weighted by molar-refractivity contribution is 9.11. The van der Waals surface area contributed by atoms with Crippen molar-refractivity contribution < 1.29 is 14.4 Å². The van der Waals surface area contributed by atoms with Crippen LogP contribution < -0.4 is 15.1 Å². The Hall–Kier alpha value is -2.10. The molecule has 1 aromatic heterocycles. The summed E-state index contributed by atoms with van der Waals surface area (Å²) in [6, 6.07) is 8.98. The van der Waals surface area contributed by atoms with Gasteiger partial charge in [-0.1, -0.05) is 11.6 Å². The third-order valence-electron chi connectivity index (χ3n) is 6.69. The monoisotopic (exact) mass is 580 g/mol. The van der Waals surface area contributed by atoms with Crippen LogP contribution in [0.3, 0.4) is 0 Å². The molecule has 2 saturated heterocycles. The lowest BCUT2D eigenvalue weighted by Crippen LogP contribution is -2.45. The van der Waals surface area contributed by atoms with E-state index in [2.05, 4.69) is 26.1 Å². The van der Waals surface area contributed by atoms with Crippen molar-refractivity contribution in [3.63, 3.8) is 0 Å². The van der Waals surface area contributed by atoms with Crippen molar-refractivity contribution in [3.8, 4) is 0 Å². The second kappa shape index (κ2) is 11.3. The third kappa shape index (κ3) is 5.84. The molecule has 2 atom stereocenters. The van der Waals surface area contributed by atoms with Crippen molar-refractivity contribution >= 4 is 68.0 Å². The number of halogens is 2. The summed E-state index contributed by atoms with van der Waals surface area (Å²) in [7, 11) is 0. The summed E-state index contributed by atoms with van der Waals surface area (Å²) < 4.78 is 0.888. The average molecular weight is 582 g/mol. The van der Waals surface area contributed by atoms with Crippen molar-refractivity contribution in [3.05, 3.63) is 44.0 Å². The van der Waals surface area contributed by atoms with E-state index in [1.807, 2.05) is 43.0 Å². The van der Waals surface area contributed by atoms with Crippen molar-refractivity contribution in [2.45, 2.75) is 39.2 Å². The van der Waals surface area contributed by atoms with Crippen molar-refractivity contribution in [1.29, 1.82) is 0 Å². The van der Waals surface area contributed by atoms with Crippen LogP contribution in [0.5, 0.6) is 0 Å². The molecule has 0 bridgehead atoms. The number of piperidine rings is 1. The molecule has 0 aliphatic carbocycles. The van der Waals surface area contributed by atoms with Gasteiger partial charge in [-0.2, -0.15) is 0 Å². The van der Waals surface area contributed by atoms with Crippen LogP contribution in [0.15, 0.2) is 34.1 Å². The minimum atomic E-state index is -0.261. The van der Waals surface area contributed by atoms with Gasteiger partial charge < -0.3 is 20.0 Å². The van der Waals surface area contributed by atoms with Gasteiger partial charge in [-0.15, -0.1) is 11.3 Å². The molecule has 0 spiro atoms. The molecule has 1 aromatic carbocycles. The Labute approximate surface area is 223 Å². The maximum Gasteiger partial charge on any atom is 0.261 e. The number of rotatable bonds is 7. The van der Waals surface area contributed by atoms with Crippen LogP contribution in [0.1, 0.15) is 42.8 Å². The van der Waals surface area contributed by atoms with E-state index < -0.39 is 0 Å². The SMILES string of the molecule is CCN(CC)C(=O)C1CCCN(c2ccc(N3CC(NC(=O)c4ccc(Br)s4)CC3=O)cc2Cl)C1. The first-order valence-electron chi connectivity index (χ1n) is 12.0. The van der Waals surface area contributed by atoms with E-state index in [1.54, 1.807) is 11.0 Å². The van der Waals surface area contributed by atoms with E-state index in [-0.39, 0.29) is 36.1 Å². The highest BCUT2D eigenvalue weighted by Gasteiger charge is 2.33. The number of carbonyl (C=O) groups excluding carboxylic acids is 3. The fourth-order valence-corrected chi connectivity index (χ4v) is 6.44. The second-order valence-electron chi connectivity index (χ2n) is 8.91. The summed E-state index contributed by atoms with van der Waals surface area (Å²) in [6.07, 6.45) is 2.07. The van der Waals surface area contributed by atoms with E-state index in [0.29, 0.717) is 28.7 Å². The van der Waals surface area contributed by atoms with E-state index >= 15 is 0 Å². The number of nitrogens with one attached hydrogen (secondary N) is 1. The number of nitrogens with zero attached hydrogens (tertiary/aromatic N) is 3. The van der Waals surface area contributed by atoms with Gasteiger partial charge in [-0.3, -0.25) is 14.4 Å². The number of anilines is 2. The zero-order chi connectivity index (χ0) is 25.1. The zero-order valence-electron chi connectivity index (χ0n) is 19.9. The van der Waals surface area contributed by atoms with Crippen molar-refractivity contribution in [2.24, 2.45) is 5.92 Å². The maximum absolute atomic E-state index is 12.9. The van der Waals surface area contributed by atoms with Gasteiger partial charge in [0.15, 0.2) is 0 Å². The first-order chi connectivity index (χ1) is 16.8. The molecule has 7 nitrogen and oxygen atoms in total. The van der Waals surface area contributed by atoms with Gasteiger partial charge in [0.2, 0.25) is 11.8 Å². The van der Waals surface area contributed by atoms with Crippen LogP contribution in [0, 0.1) is 5.92 Å². The molecule has 0 radical (unpaired) electrons. The lowest BCUT2D eigenvalue weighted by Gasteiger charge is -2.36. The van der Waals surface area contributed by atoms with Crippen LogP contribution >= 0.6 is 38.9 Å². The highest BCUT2D eigenvalue weighted by atomic mass is 79.9. The topological polar surface area (TPSA) is 73.0 Å². The fourth-order valence-electron chi connectivity index (χ4n) is 4.86. The summed E-state index contributed by atoms with van der Waals surface area (Å²) >= 11 is 11.4. The number of benzene rings is 1. The summed E-state index contributed by atoms with van der Waals surface area (Å²) in [5, 5.41) is 3.52. The maximum atomic E-state index is 12.9. The minimum Gasteiger partial charge on any atom is -0.370 e. The Morgan fingerprint density at radius 2 is 1.97 bits per heavy atom. The predicted octanol–water partition coefficient (Wildman–Crippen LogP) is 4.78. The molecule has 2 unspecified atom stereocenters. The molecule has 4 rings (SSSR count). The van der Waals surface area contributed by atoms with Gasteiger partial charge >= 0.3 is 0 Å². The number of hydrogen-bond acceptors (Lipinski definition) is 5. The summed E-state index contributed by atoms with van der Waals surface area (Å²) in [5.74, 6) is -0.0482. The van der Waals surface area contributed by atoms with Crippen molar-refractivity contribution in [2.75, 3.05) is 42.5 Å². The fraction of sp³-hybridized carbons (Fsp3) is 0.480. The number of thiophene rings is 1. The van der Waals surface area contributed by atoms with E-state index in [0.717, 1.165) is 41.9 Å². The first kappa shape index (κ1) is 26.0. The average Bonchev–Trinajstić information content (AvgIpc) is 3.45. The largest absolute Gasteiger partial charge is 0.370 e. The normalized spacial score (nSPS) is 20.3. The van der Waals surface area contributed by atoms with Crippen LogP contribution in [0.2, 0.25) is 5.02 Å². The van der Waals surface area contributed by atoms with E-state index in [1.165, 1.54) is 11.3 Å². The Bertz CT molecular complexity index is 1110. The molecule has 10 heteroatoms. The highest BCUT2D eigenvalue weighted by Crippen LogP contribution is 2.35. The molecule has 35 heavy (non-hydrogen) atoms. The summed E-state index contributed by atoms with van der Waals surface area (Å²) in [4.78, 5) is 44.4. The molecule has 2 aliphatic heterocycles. The molecule has 1 N–H and O–H groups in total. The Morgan fingerprint density at radius 1 is 1.20 bits per heavy atom. The van der Waals surface area contributed by atoms with Crippen LogP contribution in [0.25, 0.3) is 0 Å². The Balaban J connectivity index is 1.42. The van der Waals surface area contributed by atoms with E-state index in [4.69, 9.17) is 11.6 Å². The zero-order valence-corrected chi connectivity index (χ0v) is 23.1. The van der Waals surface area contributed by atoms with Crippen LogP contribution in [-0.4, -0.2) is 61.4 Å². The molecule has 2 aromatic rings. The van der Waals surface area contributed by atoms with Crippen LogP contribution in [0.4, 0.5) is 11.4 Å². The smallest absolute Gasteiger partial charge is 0.261 e. The molecule has 2 fully saturated rings. The van der Waals surface area contributed by atoms with Crippen molar-refractivity contribution in [1.82, 2.24) is 10.2 Å². The lowest BCUT2D eigenvalue weighted by atomic mass is 9.96.